The predicted molar refractivity (Wildman–Crippen MR) is 93.7 cm³/mol. The summed E-state index contributed by atoms with van der Waals surface area (Å²) < 4.78 is 0. The second-order valence-corrected chi connectivity index (χ2v) is 7.38. The molecule has 2 rings (SSSR count). The van der Waals surface area contributed by atoms with Crippen molar-refractivity contribution in [3.8, 4) is 0 Å². The lowest BCUT2D eigenvalue weighted by atomic mass is 9.90. The molecule has 2 N–H and O–H groups in total. The van der Waals surface area contributed by atoms with Crippen LogP contribution in [0.2, 0.25) is 0 Å². The van der Waals surface area contributed by atoms with Gasteiger partial charge in [-0.15, -0.1) is 0 Å². The second-order valence-electron chi connectivity index (χ2n) is 7.38. The van der Waals surface area contributed by atoms with Gasteiger partial charge in [0.05, 0.1) is 5.41 Å². The summed E-state index contributed by atoms with van der Waals surface area (Å²) >= 11 is 0. The molecule has 6 heteroatoms. The average Bonchev–Trinajstić information content (AvgIpc) is 2.96. The fourth-order valence-corrected chi connectivity index (χ4v) is 3.03. The highest BCUT2D eigenvalue weighted by molar-refractivity contribution is 5.89. The van der Waals surface area contributed by atoms with Crippen molar-refractivity contribution in [1.82, 2.24) is 10.2 Å². The molecule has 1 heterocycles. The Kier molecular flexibility index (Phi) is 5.82. The Labute approximate surface area is 148 Å². The number of hydrogen-bond acceptors (Lipinski definition) is 3. The molecule has 1 aliphatic rings. The first kappa shape index (κ1) is 19.0. The quantitative estimate of drug-likeness (QED) is 0.827. The molecule has 0 spiro atoms. The van der Waals surface area contributed by atoms with Crippen LogP contribution in [0.25, 0.3) is 0 Å². The minimum atomic E-state index is -0.932. The number of benzene rings is 1. The lowest BCUT2D eigenvalue weighted by molar-refractivity contribution is -0.147. The van der Waals surface area contributed by atoms with Gasteiger partial charge in [0, 0.05) is 19.5 Å². The smallest absolute Gasteiger partial charge is 0.311 e. The Morgan fingerprint density at radius 2 is 1.88 bits per heavy atom. The Morgan fingerprint density at radius 1 is 1.24 bits per heavy atom. The molecule has 0 saturated carbocycles. The highest BCUT2D eigenvalue weighted by atomic mass is 16.4. The standard InChI is InChI=1S/C19H26N2O4/c1-13(2)11-15(22)20-16(14-7-5-4-6-8-14)17(23)21-10-9-19(3,12-21)18(24)25/h4-8,13,16H,9-12H2,1-3H3,(H,20,22)(H,24,25). The van der Waals surface area contributed by atoms with Crippen molar-refractivity contribution in [1.29, 1.82) is 0 Å². The summed E-state index contributed by atoms with van der Waals surface area (Å²) in [5.74, 6) is -1.15. The van der Waals surface area contributed by atoms with Crippen molar-refractivity contribution in [3.05, 3.63) is 35.9 Å². The average molecular weight is 346 g/mol. The first-order chi connectivity index (χ1) is 11.7. The van der Waals surface area contributed by atoms with Crippen LogP contribution in [0.1, 0.15) is 45.2 Å². The van der Waals surface area contributed by atoms with Crippen molar-refractivity contribution < 1.29 is 19.5 Å². The molecular formula is C19H26N2O4. The van der Waals surface area contributed by atoms with E-state index >= 15 is 0 Å². The first-order valence-electron chi connectivity index (χ1n) is 8.59. The Morgan fingerprint density at radius 3 is 2.40 bits per heavy atom. The Balaban J connectivity index is 2.19. The zero-order valence-corrected chi connectivity index (χ0v) is 15.0. The lowest BCUT2D eigenvalue weighted by Gasteiger charge is -2.26. The number of amides is 2. The molecule has 0 bridgehead atoms. The van der Waals surface area contributed by atoms with Crippen molar-refractivity contribution in [2.45, 2.75) is 39.7 Å². The number of carboxylic acids is 1. The minimum Gasteiger partial charge on any atom is -0.481 e. The molecular weight excluding hydrogens is 320 g/mol. The molecule has 6 nitrogen and oxygen atoms in total. The summed E-state index contributed by atoms with van der Waals surface area (Å²) in [6, 6.07) is 8.28. The molecule has 1 aliphatic heterocycles. The maximum absolute atomic E-state index is 13.0. The molecule has 2 unspecified atom stereocenters. The topological polar surface area (TPSA) is 86.7 Å². The lowest BCUT2D eigenvalue weighted by Crippen LogP contribution is -2.43. The van der Waals surface area contributed by atoms with E-state index in [1.165, 1.54) is 0 Å². The van der Waals surface area contributed by atoms with Crippen LogP contribution >= 0.6 is 0 Å². The zero-order chi connectivity index (χ0) is 18.6. The van der Waals surface area contributed by atoms with E-state index < -0.39 is 17.4 Å². The highest BCUT2D eigenvalue weighted by Gasteiger charge is 2.43. The van der Waals surface area contributed by atoms with Crippen molar-refractivity contribution in [2.75, 3.05) is 13.1 Å². The van der Waals surface area contributed by atoms with Crippen LogP contribution in [-0.4, -0.2) is 40.9 Å². The maximum atomic E-state index is 13.0. The number of aliphatic carboxylic acids is 1. The summed E-state index contributed by atoms with van der Waals surface area (Å²) in [6.07, 6.45) is 0.749. The normalized spacial score (nSPS) is 21.2. The van der Waals surface area contributed by atoms with Gasteiger partial charge in [0.1, 0.15) is 6.04 Å². The van der Waals surface area contributed by atoms with Gasteiger partial charge in [-0.25, -0.2) is 0 Å². The van der Waals surface area contributed by atoms with Crippen molar-refractivity contribution in [2.24, 2.45) is 11.3 Å². The van der Waals surface area contributed by atoms with E-state index in [2.05, 4.69) is 5.32 Å². The molecule has 0 radical (unpaired) electrons. The van der Waals surface area contributed by atoms with Gasteiger partial charge >= 0.3 is 5.97 Å². The molecule has 1 saturated heterocycles. The van der Waals surface area contributed by atoms with E-state index in [-0.39, 0.29) is 24.3 Å². The van der Waals surface area contributed by atoms with Crippen LogP contribution in [0.3, 0.4) is 0 Å². The molecule has 2 atom stereocenters. The van der Waals surface area contributed by atoms with E-state index in [0.29, 0.717) is 24.9 Å². The fourth-order valence-electron chi connectivity index (χ4n) is 3.03. The summed E-state index contributed by atoms with van der Waals surface area (Å²) in [7, 11) is 0. The number of hydrogen-bond donors (Lipinski definition) is 2. The third kappa shape index (κ3) is 4.59. The summed E-state index contributed by atoms with van der Waals surface area (Å²) in [5.41, 5.74) is -0.229. The molecule has 1 aromatic carbocycles. The van der Waals surface area contributed by atoms with E-state index in [1.807, 2.05) is 32.0 Å². The Hall–Kier alpha value is -2.37. The summed E-state index contributed by atoms with van der Waals surface area (Å²) in [6.45, 7) is 6.07. The molecule has 25 heavy (non-hydrogen) atoms. The van der Waals surface area contributed by atoms with Gasteiger partial charge in [-0.2, -0.15) is 0 Å². The number of likely N-dealkylation sites (tertiary alicyclic amines) is 1. The van der Waals surface area contributed by atoms with Crippen LogP contribution in [0.5, 0.6) is 0 Å². The zero-order valence-electron chi connectivity index (χ0n) is 15.0. The van der Waals surface area contributed by atoms with Gasteiger partial charge in [-0.3, -0.25) is 14.4 Å². The Bertz CT molecular complexity index is 644. The van der Waals surface area contributed by atoms with Crippen LogP contribution in [-0.2, 0) is 14.4 Å². The van der Waals surface area contributed by atoms with Crippen LogP contribution in [0, 0.1) is 11.3 Å². The number of carboxylic acid groups (broad SMARTS) is 1. The van der Waals surface area contributed by atoms with E-state index in [9.17, 15) is 19.5 Å². The predicted octanol–water partition coefficient (Wildman–Crippen LogP) is 2.21. The molecule has 2 amide bonds. The fraction of sp³-hybridized carbons (Fsp3) is 0.526. The number of nitrogens with one attached hydrogen (secondary N) is 1. The van der Waals surface area contributed by atoms with Crippen LogP contribution in [0.15, 0.2) is 30.3 Å². The van der Waals surface area contributed by atoms with Gasteiger partial charge in [0.15, 0.2) is 0 Å². The second kappa shape index (κ2) is 7.68. The van der Waals surface area contributed by atoms with Gasteiger partial charge in [0.2, 0.25) is 11.8 Å². The summed E-state index contributed by atoms with van der Waals surface area (Å²) in [4.78, 5) is 38.2. The minimum absolute atomic E-state index is 0.157. The van der Waals surface area contributed by atoms with Crippen molar-refractivity contribution in [3.63, 3.8) is 0 Å². The maximum Gasteiger partial charge on any atom is 0.311 e. The van der Waals surface area contributed by atoms with Gasteiger partial charge in [-0.05, 0) is 24.8 Å². The third-order valence-corrected chi connectivity index (χ3v) is 4.58. The first-order valence-corrected chi connectivity index (χ1v) is 8.59. The van der Waals surface area contributed by atoms with E-state index in [0.717, 1.165) is 0 Å². The monoisotopic (exact) mass is 346 g/mol. The van der Waals surface area contributed by atoms with Gasteiger partial charge < -0.3 is 15.3 Å². The van der Waals surface area contributed by atoms with Crippen molar-refractivity contribution >= 4 is 17.8 Å². The van der Waals surface area contributed by atoms with E-state index in [4.69, 9.17) is 0 Å². The number of nitrogens with zero attached hydrogens (tertiary/aromatic N) is 1. The number of rotatable bonds is 6. The van der Waals surface area contributed by atoms with Crippen LogP contribution in [0.4, 0.5) is 0 Å². The van der Waals surface area contributed by atoms with Gasteiger partial charge in [-0.1, -0.05) is 44.2 Å². The van der Waals surface area contributed by atoms with Gasteiger partial charge in [0.25, 0.3) is 0 Å². The molecule has 0 aromatic heterocycles. The SMILES string of the molecule is CC(C)CC(=O)NC(C(=O)N1CCC(C)(C(=O)O)C1)c1ccccc1. The number of carbonyl (C=O) groups excluding carboxylic acids is 2. The molecule has 0 aliphatic carbocycles. The van der Waals surface area contributed by atoms with E-state index in [1.54, 1.807) is 24.0 Å². The third-order valence-electron chi connectivity index (χ3n) is 4.58. The summed E-state index contributed by atoms with van der Waals surface area (Å²) in [5, 5.41) is 12.2. The largest absolute Gasteiger partial charge is 0.481 e. The number of carbonyl (C=O) groups is 3. The molecule has 136 valence electrons. The molecule has 1 fully saturated rings. The molecule has 1 aromatic rings. The highest BCUT2D eigenvalue weighted by Crippen LogP contribution is 2.32. The van der Waals surface area contributed by atoms with Crippen LogP contribution < -0.4 is 5.32 Å².